The van der Waals surface area contributed by atoms with E-state index in [2.05, 4.69) is 39.3 Å². The predicted octanol–water partition coefficient (Wildman–Crippen LogP) is 3.57. The Hall–Kier alpha value is -0.840. The van der Waals surface area contributed by atoms with E-state index in [1.54, 1.807) is 17.1 Å². The van der Waals surface area contributed by atoms with E-state index in [0.29, 0.717) is 11.1 Å². The Morgan fingerprint density at radius 1 is 1.47 bits per heavy atom. The second kappa shape index (κ2) is 5.21. The Bertz CT molecular complexity index is 524. The zero-order chi connectivity index (χ0) is 12.4. The van der Waals surface area contributed by atoms with Gasteiger partial charge >= 0.3 is 0 Å². The highest BCUT2D eigenvalue weighted by Crippen LogP contribution is 2.26. The highest BCUT2D eigenvalue weighted by atomic mass is 79.9. The molecule has 1 heterocycles. The van der Waals surface area contributed by atoms with Crippen LogP contribution in [0.1, 0.15) is 18.5 Å². The van der Waals surface area contributed by atoms with Gasteiger partial charge in [-0.3, -0.25) is 0 Å². The average molecular weight is 315 g/mol. The average Bonchev–Trinajstić information content (AvgIpc) is 2.75. The normalized spacial score (nSPS) is 12.7. The van der Waals surface area contributed by atoms with Crippen LogP contribution in [0.4, 0.5) is 0 Å². The first kappa shape index (κ1) is 12.6. The molecule has 0 aliphatic rings. The van der Waals surface area contributed by atoms with E-state index in [0.717, 1.165) is 10.2 Å². The van der Waals surface area contributed by atoms with Crippen molar-refractivity contribution in [2.75, 3.05) is 7.05 Å². The van der Waals surface area contributed by atoms with Crippen molar-refractivity contribution in [2.24, 2.45) is 0 Å². The van der Waals surface area contributed by atoms with Gasteiger partial charge in [-0.15, -0.1) is 0 Å². The number of hydrogen-bond donors (Lipinski definition) is 1. The third-order valence-corrected chi connectivity index (χ3v) is 3.58. The standard InChI is InChI=1S/C12H13BrClN3/c1-8(15-2)11-4-3-10(5-12(11)13)17-7-9(14)6-16-17/h3-8,15H,1-2H3. The summed E-state index contributed by atoms with van der Waals surface area (Å²) >= 11 is 9.43. The van der Waals surface area contributed by atoms with Crippen molar-refractivity contribution in [3.8, 4) is 5.69 Å². The summed E-state index contributed by atoms with van der Waals surface area (Å²) in [4.78, 5) is 0. The number of hydrogen-bond acceptors (Lipinski definition) is 2. The second-order valence-corrected chi connectivity index (χ2v) is 5.11. The van der Waals surface area contributed by atoms with E-state index in [-0.39, 0.29) is 0 Å². The molecule has 3 nitrogen and oxygen atoms in total. The highest BCUT2D eigenvalue weighted by molar-refractivity contribution is 9.10. The summed E-state index contributed by atoms with van der Waals surface area (Å²) in [6.45, 7) is 2.12. The van der Waals surface area contributed by atoms with Gasteiger partial charge in [-0.2, -0.15) is 5.10 Å². The van der Waals surface area contributed by atoms with E-state index in [1.165, 1.54) is 5.56 Å². The van der Waals surface area contributed by atoms with Crippen molar-refractivity contribution in [2.45, 2.75) is 13.0 Å². The Balaban J connectivity index is 2.37. The lowest BCUT2D eigenvalue weighted by Gasteiger charge is -2.13. The molecule has 0 saturated heterocycles. The lowest BCUT2D eigenvalue weighted by molar-refractivity contribution is 0.649. The highest BCUT2D eigenvalue weighted by Gasteiger charge is 2.08. The van der Waals surface area contributed by atoms with Crippen molar-refractivity contribution < 1.29 is 0 Å². The third kappa shape index (κ3) is 2.70. The summed E-state index contributed by atoms with van der Waals surface area (Å²) in [6.07, 6.45) is 3.41. The molecule has 90 valence electrons. The Morgan fingerprint density at radius 3 is 2.76 bits per heavy atom. The number of aromatic nitrogens is 2. The largest absolute Gasteiger partial charge is 0.313 e. The molecule has 0 saturated carbocycles. The molecule has 0 aliphatic carbocycles. The van der Waals surface area contributed by atoms with Crippen LogP contribution in [0.25, 0.3) is 5.69 Å². The van der Waals surface area contributed by atoms with Crippen molar-refractivity contribution in [1.29, 1.82) is 0 Å². The Morgan fingerprint density at radius 2 is 2.24 bits per heavy atom. The molecule has 17 heavy (non-hydrogen) atoms. The van der Waals surface area contributed by atoms with Crippen LogP contribution >= 0.6 is 27.5 Å². The van der Waals surface area contributed by atoms with Crippen LogP contribution in [-0.4, -0.2) is 16.8 Å². The van der Waals surface area contributed by atoms with Gasteiger partial charge in [0, 0.05) is 16.7 Å². The number of nitrogens with zero attached hydrogens (tertiary/aromatic N) is 2. The molecule has 1 aromatic carbocycles. The quantitative estimate of drug-likeness (QED) is 0.938. The minimum absolute atomic E-state index is 0.305. The summed E-state index contributed by atoms with van der Waals surface area (Å²) in [5.74, 6) is 0. The zero-order valence-electron chi connectivity index (χ0n) is 9.61. The van der Waals surface area contributed by atoms with Gasteiger partial charge in [-0.25, -0.2) is 4.68 Å². The third-order valence-electron chi connectivity index (χ3n) is 2.70. The van der Waals surface area contributed by atoms with E-state index < -0.39 is 0 Å². The smallest absolute Gasteiger partial charge is 0.0790 e. The molecule has 1 unspecified atom stereocenters. The molecule has 0 fully saturated rings. The first-order valence-electron chi connectivity index (χ1n) is 5.29. The van der Waals surface area contributed by atoms with Crippen LogP contribution in [0.2, 0.25) is 5.02 Å². The van der Waals surface area contributed by atoms with E-state index in [4.69, 9.17) is 11.6 Å². The molecular formula is C12H13BrClN3. The van der Waals surface area contributed by atoms with Gasteiger partial charge in [-0.1, -0.05) is 33.6 Å². The molecule has 0 bridgehead atoms. The first-order valence-corrected chi connectivity index (χ1v) is 6.46. The molecular weight excluding hydrogens is 302 g/mol. The number of benzene rings is 1. The fraction of sp³-hybridized carbons (Fsp3) is 0.250. The molecule has 2 rings (SSSR count). The van der Waals surface area contributed by atoms with Gasteiger partial charge in [0.15, 0.2) is 0 Å². The number of rotatable bonds is 3. The summed E-state index contributed by atoms with van der Waals surface area (Å²) < 4.78 is 2.81. The molecule has 5 heteroatoms. The van der Waals surface area contributed by atoms with Crippen molar-refractivity contribution in [1.82, 2.24) is 15.1 Å². The van der Waals surface area contributed by atoms with E-state index >= 15 is 0 Å². The van der Waals surface area contributed by atoms with Gasteiger partial charge in [0.05, 0.1) is 16.9 Å². The molecule has 0 amide bonds. The summed E-state index contributed by atoms with van der Waals surface area (Å²) in [6, 6.07) is 6.44. The van der Waals surface area contributed by atoms with Gasteiger partial charge in [-0.05, 0) is 31.7 Å². The van der Waals surface area contributed by atoms with Crippen molar-refractivity contribution in [3.63, 3.8) is 0 Å². The molecule has 0 aliphatic heterocycles. The second-order valence-electron chi connectivity index (χ2n) is 3.82. The maximum absolute atomic E-state index is 5.85. The minimum atomic E-state index is 0.305. The minimum Gasteiger partial charge on any atom is -0.313 e. The van der Waals surface area contributed by atoms with Crippen LogP contribution in [-0.2, 0) is 0 Å². The topological polar surface area (TPSA) is 29.9 Å². The molecule has 0 spiro atoms. The molecule has 0 radical (unpaired) electrons. The van der Waals surface area contributed by atoms with E-state index in [1.807, 2.05) is 19.2 Å². The molecule has 1 N–H and O–H groups in total. The zero-order valence-corrected chi connectivity index (χ0v) is 12.0. The van der Waals surface area contributed by atoms with Crippen LogP contribution in [0.15, 0.2) is 35.1 Å². The monoisotopic (exact) mass is 313 g/mol. The summed E-state index contributed by atoms with van der Waals surface area (Å²) in [5.41, 5.74) is 2.20. The van der Waals surface area contributed by atoms with Crippen molar-refractivity contribution in [3.05, 3.63) is 45.7 Å². The fourth-order valence-electron chi connectivity index (χ4n) is 1.61. The van der Waals surface area contributed by atoms with Crippen LogP contribution < -0.4 is 5.32 Å². The molecule has 1 atom stereocenters. The van der Waals surface area contributed by atoms with Crippen LogP contribution in [0, 0.1) is 0 Å². The predicted molar refractivity (Wildman–Crippen MR) is 73.7 cm³/mol. The maximum atomic E-state index is 5.85. The van der Waals surface area contributed by atoms with Gasteiger partial charge in [0.1, 0.15) is 0 Å². The lowest BCUT2D eigenvalue weighted by Crippen LogP contribution is -2.13. The van der Waals surface area contributed by atoms with Gasteiger partial charge < -0.3 is 5.32 Å². The van der Waals surface area contributed by atoms with Gasteiger partial charge in [0.2, 0.25) is 0 Å². The summed E-state index contributed by atoms with van der Waals surface area (Å²) in [5, 5.41) is 8.02. The Kier molecular flexibility index (Phi) is 3.86. The number of nitrogens with one attached hydrogen (secondary N) is 1. The van der Waals surface area contributed by atoms with E-state index in [9.17, 15) is 0 Å². The first-order chi connectivity index (χ1) is 8.11. The molecule has 2 aromatic rings. The SMILES string of the molecule is CNC(C)c1ccc(-n2cc(Cl)cn2)cc1Br. The van der Waals surface area contributed by atoms with Crippen molar-refractivity contribution >= 4 is 27.5 Å². The van der Waals surface area contributed by atoms with Crippen LogP contribution in [0.5, 0.6) is 0 Å². The Labute approximate surface area is 114 Å². The van der Waals surface area contributed by atoms with Crippen LogP contribution in [0.3, 0.4) is 0 Å². The number of halogens is 2. The summed E-state index contributed by atoms with van der Waals surface area (Å²) in [7, 11) is 1.94. The van der Waals surface area contributed by atoms with Gasteiger partial charge in [0.25, 0.3) is 0 Å². The maximum Gasteiger partial charge on any atom is 0.0790 e. The molecule has 1 aromatic heterocycles. The lowest BCUT2D eigenvalue weighted by atomic mass is 10.1. The fourth-order valence-corrected chi connectivity index (χ4v) is 2.45.